The first kappa shape index (κ1) is 20.8. The zero-order chi connectivity index (χ0) is 21.5. The van der Waals surface area contributed by atoms with Gasteiger partial charge in [-0.3, -0.25) is 10.1 Å². The summed E-state index contributed by atoms with van der Waals surface area (Å²) in [6, 6.07) is 17.0. The van der Waals surface area contributed by atoms with Crippen molar-refractivity contribution in [2.24, 2.45) is 0 Å². The number of benzene rings is 2. The number of ether oxygens (including phenoxy) is 1. The molecule has 0 aliphatic carbocycles. The number of carbonyl (C=O) groups is 1. The van der Waals surface area contributed by atoms with Crippen LogP contribution in [-0.2, 0) is 4.79 Å². The van der Waals surface area contributed by atoms with Crippen molar-refractivity contribution >= 4 is 45.8 Å². The van der Waals surface area contributed by atoms with Gasteiger partial charge in [0, 0.05) is 5.56 Å². The Morgan fingerprint density at radius 1 is 1.06 bits per heavy atom. The molecule has 9 nitrogen and oxygen atoms in total. The average Bonchev–Trinajstić information content (AvgIpc) is 3.44. The van der Waals surface area contributed by atoms with Crippen molar-refractivity contribution in [3.63, 3.8) is 0 Å². The van der Waals surface area contributed by atoms with Crippen LogP contribution in [0.2, 0.25) is 0 Å². The molecule has 0 unspecified atom stereocenters. The fourth-order valence-electron chi connectivity index (χ4n) is 2.54. The standard InChI is InChI=1S/C20H18N6O3S2/c1-2-28-15-11-7-6-10-14(15)21-19-25-26-20(31-19)30-12-16(27)22-18-24-23-17(29-18)13-8-4-3-5-9-13/h3-11H,2,12H2,1H3,(H,21,25)(H,22,24,27). The van der Waals surface area contributed by atoms with Crippen molar-refractivity contribution in [2.75, 3.05) is 23.0 Å². The molecule has 0 bridgehead atoms. The van der Waals surface area contributed by atoms with E-state index in [-0.39, 0.29) is 17.7 Å². The summed E-state index contributed by atoms with van der Waals surface area (Å²) >= 11 is 2.62. The average molecular weight is 455 g/mol. The van der Waals surface area contributed by atoms with Crippen molar-refractivity contribution < 1.29 is 13.9 Å². The minimum atomic E-state index is -0.278. The molecular weight excluding hydrogens is 436 g/mol. The van der Waals surface area contributed by atoms with Crippen molar-refractivity contribution in [3.05, 3.63) is 54.6 Å². The van der Waals surface area contributed by atoms with Crippen molar-refractivity contribution in [3.8, 4) is 17.2 Å². The van der Waals surface area contributed by atoms with E-state index < -0.39 is 0 Å². The van der Waals surface area contributed by atoms with E-state index in [0.29, 0.717) is 22.0 Å². The van der Waals surface area contributed by atoms with Crippen LogP contribution in [0.5, 0.6) is 5.75 Å². The summed E-state index contributed by atoms with van der Waals surface area (Å²) in [7, 11) is 0. The molecule has 11 heteroatoms. The van der Waals surface area contributed by atoms with Gasteiger partial charge in [-0.25, -0.2) is 0 Å². The fraction of sp³-hybridized carbons (Fsp3) is 0.150. The van der Waals surface area contributed by atoms with E-state index in [9.17, 15) is 4.79 Å². The molecule has 1 amide bonds. The van der Waals surface area contributed by atoms with Crippen molar-refractivity contribution in [2.45, 2.75) is 11.3 Å². The third-order valence-electron chi connectivity index (χ3n) is 3.85. The van der Waals surface area contributed by atoms with Gasteiger partial charge >= 0.3 is 6.01 Å². The number of nitrogens with one attached hydrogen (secondary N) is 2. The number of hydrogen-bond acceptors (Lipinski definition) is 10. The number of hydrogen-bond donors (Lipinski definition) is 2. The Morgan fingerprint density at radius 2 is 1.87 bits per heavy atom. The van der Waals surface area contributed by atoms with E-state index >= 15 is 0 Å². The highest BCUT2D eigenvalue weighted by Gasteiger charge is 2.13. The summed E-state index contributed by atoms with van der Waals surface area (Å²) in [5.41, 5.74) is 1.59. The van der Waals surface area contributed by atoms with Crippen LogP contribution in [0.15, 0.2) is 63.4 Å². The molecule has 0 atom stereocenters. The van der Waals surface area contributed by atoms with Crippen LogP contribution in [0.25, 0.3) is 11.5 Å². The minimum Gasteiger partial charge on any atom is -0.492 e. The Morgan fingerprint density at radius 3 is 2.71 bits per heavy atom. The Hall–Kier alpha value is -3.44. The second-order valence-electron chi connectivity index (χ2n) is 6.04. The van der Waals surface area contributed by atoms with E-state index in [1.54, 1.807) is 0 Å². The number of amides is 1. The maximum Gasteiger partial charge on any atom is 0.322 e. The fourth-order valence-corrected chi connectivity index (χ4v) is 4.10. The molecule has 31 heavy (non-hydrogen) atoms. The minimum absolute atomic E-state index is 0.0524. The van der Waals surface area contributed by atoms with E-state index in [0.717, 1.165) is 17.0 Å². The summed E-state index contributed by atoms with van der Waals surface area (Å²) in [6.07, 6.45) is 0. The second kappa shape index (κ2) is 10.0. The summed E-state index contributed by atoms with van der Waals surface area (Å²) in [5.74, 6) is 0.936. The molecule has 0 fully saturated rings. The van der Waals surface area contributed by atoms with Gasteiger partial charge in [-0.15, -0.1) is 15.3 Å². The van der Waals surface area contributed by atoms with Crippen LogP contribution in [0, 0.1) is 0 Å². The van der Waals surface area contributed by atoms with Crippen LogP contribution < -0.4 is 15.4 Å². The van der Waals surface area contributed by atoms with Gasteiger partial charge in [0.2, 0.25) is 16.9 Å². The van der Waals surface area contributed by atoms with Gasteiger partial charge in [-0.1, -0.05) is 58.5 Å². The zero-order valence-electron chi connectivity index (χ0n) is 16.4. The van der Waals surface area contributed by atoms with Crippen LogP contribution in [0.3, 0.4) is 0 Å². The maximum absolute atomic E-state index is 12.2. The molecule has 2 aromatic heterocycles. The highest BCUT2D eigenvalue weighted by atomic mass is 32.2. The molecule has 4 rings (SSSR count). The molecule has 0 radical (unpaired) electrons. The molecule has 0 saturated carbocycles. The third-order valence-corrected chi connectivity index (χ3v) is 5.83. The number of rotatable bonds is 9. The number of carbonyl (C=O) groups excluding carboxylic acids is 1. The van der Waals surface area contributed by atoms with Crippen LogP contribution in [-0.4, -0.2) is 38.7 Å². The van der Waals surface area contributed by atoms with Crippen molar-refractivity contribution in [1.29, 1.82) is 0 Å². The Bertz CT molecular complexity index is 1150. The summed E-state index contributed by atoms with van der Waals surface area (Å²) in [6.45, 7) is 2.50. The SMILES string of the molecule is CCOc1ccccc1Nc1nnc(SCC(=O)Nc2nnc(-c3ccccc3)o2)s1. The van der Waals surface area contributed by atoms with Crippen molar-refractivity contribution in [1.82, 2.24) is 20.4 Å². The zero-order valence-corrected chi connectivity index (χ0v) is 18.1. The van der Waals surface area contributed by atoms with Crippen LogP contribution in [0.1, 0.15) is 6.92 Å². The van der Waals surface area contributed by atoms with E-state index in [4.69, 9.17) is 9.15 Å². The summed E-state index contributed by atoms with van der Waals surface area (Å²) < 4.78 is 11.7. The van der Waals surface area contributed by atoms with Gasteiger partial charge in [-0.2, -0.15) is 0 Å². The smallest absolute Gasteiger partial charge is 0.322 e. The number of anilines is 3. The van der Waals surface area contributed by atoms with E-state index in [1.807, 2.05) is 61.5 Å². The lowest BCUT2D eigenvalue weighted by atomic mass is 10.2. The maximum atomic E-state index is 12.2. The number of aromatic nitrogens is 4. The first-order valence-corrected chi connectivity index (χ1v) is 11.2. The molecule has 158 valence electrons. The normalized spacial score (nSPS) is 10.6. The van der Waals surface area contributed by atoms with Gasteiger partial charge in [0.1, 0.15) is 5.75 Å². The Labute approximate surface area is 186 Å². The molecular formula is C20H18N6O3S2. The first-order valence-electron chi connectivity index (χ1n) is 9.35. The molecule has 0 spiro atoms. The number of para-hydroxylation sites is 2. The topological polar surface area (TPSA) is 115 Å². The Balaban J connectivity index is 1.30. The van der Waals surface area contributed by atoms with Gasteiger partial charge in [0.05, 0.1) is 18.0 Å². The van der Waals surface area contributed by atoms with Gasteiger partial charge in [0.25, 0.3) is 0 Å². The number of thioether (sulfide) groups is 1. The first-order chi connectivity index (χ1) is 15.2. The second-order valence-corrected chi connectivity index (χ2v) is 8.24. The third kappa shape index (κ3) is 5.58. The molecule has 2 aromatic carbocycles. The lowest BCUT2D eigenvalue weighted by Crippen LogP contribution is -2.14. The predicted molar refractivity (Wildman–Crippen MR) is 120 cm³/mol. The largest absolute Gasteiger partial charge is 0.492 e. The molecule has 2 N–H and O–H groups in total. The summed E-state index contributed by atoms with van der Waals surface area (Å²) in [4.78, 5) is 12.2. The predicted octanol–water partition coefficient (Wildman–Crippen LogP) is 4.46. The molecule has 4 aromatic rings. The molecule has 0 aliphatic heterocycles. The van der Waals surface area contributed by atoms with E-state index in [2.05, 4.69) is 31.0 Å². The monoisotopic (exact) mass is 454 g/mol. The molecule has 2 heterocycles. The number of nitrogens with zero attached hydrogens (tertiary/aromatic N) is 4. The molecule has 0 aliphatic rings. The van der Waals surface area contributed by atoms with Crippen LogP contribution in [0.4, 0.5) is 16.8 Å². The lowest BCUT2D eigenvalue weighted by Gasteiger charge is -2.09. The van der Waals surface area contributed by atoms with Gasteiger partial charge in [0.15, 0.2) is 4.34 Å². The highest BCUT2D eigenvalue weighted by molar-refractivity contribution is 8.01. The Kier molecular flexibility index (Phi) is 6.75. The molecule has 0 saturated heterocycles. The quantitative estimate of drug-likeness (QED) is 0.354. The summed E-state index contributed by atoms with van der Waals surface area (Å²) in [5, 5.41) is 22.4. The van der Waals surface area contributed by atoms with E-state index in [1.165, 1.54) is 23.1 Å². The van der Waals surface area contributed by atoms with Crippen LogP contribution >= 0.6 is 23.1 Å². The van der Waals surface area contributed by atoms with Gasteiger partial charge in [-0.05, 0) is 31.2 Å². The van der Waals surface area contributed by atoms with Gasteiger partial charge < -0.3 is 14.5 Å². The highest BCUT2D eigenvalue weighted by Crippen LogP contribution is 2.31. The lowest BCUT2D eigenvalue weighted by molar-refractivity contribution is -0.113.